The van der Waals surface area contributed by atoms with Gasteiger partial charge in [0.05, 0.1) is 12.3 Å². The molecule has 1 amide bonds. The Bertz CT molecular complexity index is 865. The van der Waals surface area contributed by atoms with Gasteiger partial charge in [-0.1, -0.05) is 24.6 Å². The standard InChI is InChI=1S/C21H26ClFN4O2/c1-4-20(28)26-8-10-27(11-9-26)21-16(19(13-29-3)24-14(2)25-21)12-15-17(22)6-5-7-18(15)23/h5-7H,4,8-13H2,1-3H3. The number of methoxy groups -OCH3 is 1. The Labute approximate surface area is 175 Å². The van der Waals surface area contributed by atoms with Gasteiger partial charge in [0.15, 0.2) is 0 Å². The fourth-order valence-corrected chi connectivity index (χ4v) is 3.84. The first-order valence-electron chi connectivity index (χ1n) is 9.75. The number of carbonyl (C=O) groups is 1. The lowest BCUT2D eigenvalue weighted by Crippen LogP contribution is -2.49. The summed E-state index contributed by atoms with van der Waals surface area (Å²) in [6.45, 7) is 6.59. The number of rotatable bonds is 6. The first-order chi connectivity index (χ1) is 13.9. The fourth-order valence-electron chi connectivity index (χ4n) is 3.61. The number of aryl methyl sites for hydroxylation is 1. The van der Waals surface area contributed by atoms with Crippen LogP contribution in [0, 0.1) is 12.7 Å². The Morgan fingerprint density at radius 3 is 2.55 bits per heavy atom. The number of amides is 1. The summed E-state index contributed by atoms with van der Waals surface area (Å²) in [5.74, 6) is 1.18. The molecule has 156 valence electrons. The second-order valence-electron chi connectivity index (χ2n) is 7.05. The van der Waals surface area contributed by atoms with E-state index in [1.165, 1.54) is 6.07 Å². The topological polar surface area (TPSA) is 58.6 Å². The molecule has 1 fully saturated rings. The van der Waals surface area contributed by atoms with Gasteiger partial charge in [0.25, 0.3) is 0 Å². The minimum atomic E-state index is -0.356. The van der Waals surface area contributed by atoms with Gasteiger partial charge < -0.3 is 14.5 Å². The highest BCUT2D eigenvalue weighted by Crippen LogP contribution is 2.29. The van der Waals surface area contributed by atoms with Gasteiger partial charge in [0.2, 0.25) is 5.91 Å². The van der Waals surface area contributed by atoms with E-state index in [0.717, 1.165) is 17.1 Å². The Hall–Kier alpha value is -2.25. The van der Waals surface area contributed by atoms with E-state index in [0.29, 0.717) is 55.6 Å². The smallest absolute Gasteiger partial charge is 0.222 e. The molecule has 0 radical (unpaired) electrons. The SMILES string of the molecule is CCC(=O)N1CCN(c2nc(C)nc(COC)c2Cc2c(F)cccc2Cl)CC1. The van der Waals surface area contributed by atoms with E-state index in [1.807, 2.05) is 18.7 Å². The van der Waals surface area contributed by atoms with Crippen molar-refractivity contribution in [3.05, 3.63) is 51.7 Å². The highest BCUT2D eigenvalue weighted by atomic mass is 35.5. The average Bonchev–Trinajstić information content (AvgIpc) is 2.71. The highest BCUT2D eigenvalue weighted by Gasteiger charge is 2.25. The molecule has 2 aromatic rings. The van der Waals surface area contributed by atoms with Crippen LogP contribution in [-0.4, -0.2) is 54.1 Å². The van der Waals surface area contributed by atoms with E-state index in [9.17, 15) is 9.18 Å². The first-order valence-corrected chi connectivity index (χ1v) is 10.1. The second kappa shape index (κ2) is 9.50. The Balaban J connectivity index is 1.97. The number of halogens is 2. The summed E-state index contributed by atoms with van der Waals surface area (Å²) in [5, 5.41) is 0.373. The number of aromatic nitrogens is 2. The molecule has 0 saturated carbocycles. The van der Waals surface area contributed by atoms with Crippen LogP contribution in [0.3, 0.4) is 0 Å². The van der Waals surface area contributed by atoms with Gasteiger partial charge in [-0.25, -0.2) is 14.4 Å². The largest absolute Gasteiger partial charge is 0.378 e. The van der Waals surface area contributed by atoms with E-state index in [2.05, 4.69) is 14.9 Å². The number of carbonyl (C=O) groups excluding carboxylic acids is 1. The van der Waals surface area contributed by atoms with Crippen LogP contribution in [0.15, 0.2) is 18.2 Å². The molecule has 0 N–H and O–H groups in total. The lowest BCUT2D eigenvalue weighted by atomic mass is 10.0. The first kappa shape index (κ1) is 21.5. The molecule has 1 aromatic carbocycles. The number of ether oxygens (including phenoxy) is 1. The predicted octanol–water partition coefficient (Wildman–Crippen LogP) is 3.37. The molecule has 6 nitrogen and oxygen atoms in total. The molecule has 0 unspecified atom stereocenters. The van der Waals surface area contributed by atoms with Crippen LogP contribution >= 0.6 is 11.6 Å². The van der Waals surface area contributed by atoms with Crippen molar-refractivity contribution >= 4 is 23.3 Å². The average molecular weight is 421 g/mol. The lowest BCUT2D eigenvalue weighted by molar-refractivity contribution is -0.131. The quantitative estimate of drug-likeness (QED) is 0.717. The molecule has 3 rings (SSSR count). The zero-order valence-electron chi connectivity index (χ0n) is 17.0. The predicted molar refractivity (Wildman–Crippen MR) is 111 cm³/mol. The highest BCUT2D eigenvalue weighted by molar-refractivity contribution is 6.31. The van der Waals surface area contributed by atoms with Crippen molar-refractivity contribution in [2.24, 2.45) is 0 Å². The Morgan fingerprint density at radius 2 is 1.93 bits per heavy atom. The molecule has 2 heterocycles. The normalized spacial score (nSPS) is 14.4. The Kier molecular flexibility index (Phi) is 7.03. The van der Waals surface area contributed by atoms with Crippen LogP contribution in [0.1, 0.15) is 36.0 Å². The van der Waals surface area contributed by atoms with Crippen molar-refractivity contribution in [3.63, 3.8) is 0 Å². The zero-order chi connectivity index (χ0) is 21.0. The van der Waals surface area contributed by atoms with Gasteiger partial charge in [-0.3, -0.25) is 4.79 Å². The third-order valence-corrected chi connectivity index (χ3v) is 5.47. The molecule has 8 heteroatoms. The Morgan fingerprint density at radius 1 is 1.21 bits per heavy atom. The van der Waals surface area contributed by atoms with Gasteiger partial charge in [0.1, 0.15) is 17.5 Å². The van der Waals surface area contributed by atoms with Gasteiger partial charge >= 0.3 is 0 Å². The van der Waals surface area contributed by atoms with Crippen molar-refractivity contribution in [1.29, 1.82) is 0 Å². The molecular weight excluding hydrogens is 395 g/mol. The van der Waals surface area contributed by atoms with Gasteiger partial charge in [-0.2, -0.15) is 0 Å². The maximum absolute atomic E-state index is 14.5. The van der Waals surface area contributed by atoms with Gasteiger partial charge in [-0.05, 0) is 19.1 Å². The van der Waals surface area contributed by atoms with Crippen LogP contribution < -0.4 is 4.90 Å². The fraction of sp³-hybridized carbons (Fsp3) is 0.476. The maximum atomic E-state index is 14.5. The summed E-state index contributed by atoms with van der Waals surface area (Å²) < 4.78 is 19.8. The van der Waals surface area contributed by atoms with Crippen molar-refractivity contribution < 1.29 is 13.9 Å². The van der Waals surface area contributed by atoms with Crippen LogP contribution in [0.4, 0.5) is 10.2 Å². The van der Waals surface area contributed by atoms with Gasteiger partial charge in [0, 0.05) is 62.3 Å². The van der Waals surface area contributed by atoms with E-state index < -0.39 is 0 Å². The van der Waals surface area contributed by atoms with E-state index in [1.54, 1.807) is 19.2 Å². The summed E-state index contributed by atoms with van der Waals surface area (Å²) >= 11 is 6.28. The lowest BCUT2D eigenvalue weighted by Gasteiger charge is -2.36. The number of anilines is 1. The number of nitrogens with zero attached hydrogens (tertiary/aromatic N) is 4. The van der Waals surface area contributed by atoms with Crippen LogP contribution in [0.5, 0.6) is 0 Å². The number of hydrogen-bond donors (Lipinski definition) is 0. The van der Waals surface area contributed by atoms with Crippen molar-refractivity contribution in [3.8, 4) is 0 Å². The minimum Gasteiger partial charge on any atom is -0.378 e. The van der Waals surface area contributed by atoms with E-state index in [4.69, 9.17) is 16.3 Å². The summed E-state index contributed by atoms with van der Waals surface area (Å²) in [4.78, 5) is 25.2. The second-order valence-corrected chi connectivity index (χ2v) is 7.46. The molecule has 0 aliphatic carbocycles. The number of benzene rings is 1. The summed E-state index contributed by atoms with van der Waals surface area (Å²) in [6, 6.07) is 4.68. The zero-order valence-corrected chi connectivity index (χ0v) is 17.8. The summed E-state index contributed by atoms with van der Waals surface area (Å²) in [6.07, 6.45) is 0.773. The van der Waals surface area contributed by atoms with E-state index >= 15 is 0 Å². The molecule has 1 aromatic heterocycles. The third kappa shape index (κ3) is 4.85. The molecule has 1 aliphatic heterocycles. The molecule has 0 spiro atoms. The minimum absolute atomic E-state index is 0.155. The van der Waals surface area contributed by atoms with Crippen molar-refractivity contribution in [2.75, 3.05) is 38.2 Å². The molecule has 0 atom stereocenters. The molecule has 1 aliphatic rings. The maximum Gasteiger partial charge on any atom is 0.222 e. The van der Waals surface area contributed by atoms with Crippen molar-refractivity contribution in [1.82, 2.24) is 14.9 Å². The summed E-state index contributed by atoms with van der Waals surface area (Å²) in [5.41, 5.74) is 1.95. The number of hydrogen-bond acceptors (Lipinski definition) is 5. The third-order valence-electron chi connectivity index (χ3n) is 5.11. The van der Waals surface area contributed by atoms with Crippen LogP contribution in [0.2, 0.25) is 5.02 Å². The number of piperazine rings is 1. The van der Waals surface area contributed by atoms with E-state index in [-0.39, 0.29) is 18.1 Å². The van der Waals surface area contributed by atoms with Crippen molar-refractivity contribution in [2.45, 2.75) is 33.3 Å². The summed E-state index contributed by atoms with van der Waals surface area (Å²) in [7, 11) is 1.60. The van der Waals surface area contributed by atoms with Crippen LogP contribution in [0.25, 0.3) is 0 Å². The molecule has 1 saturated heterocycles. The molecule has 0 bridgehead atoms. The van der Waals surface area contributed by atoms with Crippen LogP contribution in [-0.2, 0) is 22.6 Å². The molecular formula is C21H26ClFN4O2. The van der Waals surface area contributed by atoms with Gasteiger partial charge in [-0.15, -0.1) is 0 Å². The molecule has 29 heavy (non-hydrogen) atoms. The monoisotopic (exact) mass is 420 g/mol.